The van der Waals surface area contributed by atoms with Gasteiger partial charge in [0.15, 0.2) is 34.0 Å². The number of nitrogen functional groups attached to an aromatic ring is 1. The summed E-state index contributed by atoms with van der Waals surface area (Å²) in [5.41, 5.74) is 6.60. The molecule has 12 heteroatoms. The number of carbonyl (C=O) groups is 1. The predicted octanol–water partition coefficient (Wildman–Crippen LogP) is 3.93. The van der Waals surface area contributed by atoms with Gasteiger partial charge in [0, 0.05) is 28.5 Å². The molecular formula is C20H21BrN6O4S. The zero-order chi connectivity index (χ0) is 22.2. The number of imidazole rings is 1. The Bertz CT molecular complexity index is 1140. The third-order valence-corrected chi connectivity index (χ3v) is 7.52. The molecule has 0 aliphatic carbocycles. The molecule has 0 aromatic heterocycles. The molecule has 4 aliphatic rings. The van der Waals surface area contributed by atoms with Gasteiger partial charge in [-0.1, -0.05) is 0 Å². The minimum absolute atomic E-state index is 0.0114. The summed E-state index contributed by atoms with van der Waals surface area (Å²) in [5, 5.41) is 10.0. The van der Waals surface area contributed by atoms with Crippen molar-refractivity contribution in [3.63, 3.8) is 0 Å². The third kappa shape index (κ3) is 4.04. The van der Waals surface area contributed by atoms with Crippen LogP contribution in [-0.4, -0.2) is 55.0 Å². The second kappa shape index (κ2) is 8.66. The van der Waals surface area contributed by atoms with E-state index < -0.39 is 6.09 Å². The van der Waals surface area contributed by atoms with Crippen LogP contribution < -0.4 is 15.2 Å². The van der Waals surface area contributed by atoms with E-state index in [1.54, 1.807) is 11.2 Å². The Hall–Kier alpha value is -2.73. The highest BCUT2D eigenvalue weighted by atomic mass is 79.9. The van der Waals surface area contributed by atoms with Crippen LogP contribution in [0.15, 0.2) is 33.0 Å². The number of nitrogens with zero attached hydrogens (tertiary/aromatic N) is 5. The average molecular weight is 521 g/mol. The smallest absolute Gasteiger partial charge is 0.407 e. The van der Waals surface area contributed by atoms with Gasteiger partial charge in [-0.15, -0.1) is 0 Å². The van der Waals surface area contributed by atoms with E-state index in [1.807, 2.05) is 16.7 Å². The molecule has 0 bridgehead atoms. The molecule has 32 heavy (non-hydrogen) atoms. The van der Waals surface area contributed by atoms with Crippen molar-refractivity contribution in [2.45, 2.75) is 48.3 Å². The van der Waals surface area contributed by atoms with E-state index in [0.29, 0.717) is 53.5 Å². The first-order valence-electron chi connectivity index (χ1n) is 10.2. The molecule has 1 aromatic rings. The van der Waals surface area contributed by atoms with Crippen molar-refractivity contribution in [1.82, 2.24) is 24.4 Å². The zero-order valence-corrected chi connectivity index (χ0v) is 19.4. The maximum absolute atomic E-state index is 11.6. The highest BCUT2D eigenvalue weighted by molar-refractivity contribution is 9.10. The number of carboxylic acid groups (broad SMARTS) is 1. The van der Waals surface area contributed by atoms with Gasteiger partial charge in [0.1, 0.15) is 0 Å². The summed E-state index contributed by atoms with van der Waals surface area (Å²) in [6.07, 6.45) is 4.28. The van der Waals surface area contributed by atoms with Crippen molar-refractivity contribution in [3.05, 3.63) is 22.9 Å². The maximum atomic E-state index is 11.6. The quantitative estimate of drug-likeness (QED) is 0.513. The van der Waals surface area contributed by atoms with Gasteiger partial charge in [-0.25, -0.2) is 19.7 Å². The van der Waals surface area contributed by atoms with Gasteiger partial charge in [-0.2, -0.15) is 0 Å². The Balaban J connectivity index is 1.38. The highest BCUT2D eigenvalue weighted by Gasteiger charge is 2.27. The van der Waals surface area contributed by atoms with Crippen LogP contribution in [0.2, 0.25) is 0 Å². The number of aryl methyl sites for hydroxylation is 1. The van der Waals surface area contributed by atoms with Gasteiger partial charge in [0.25, 0.3) is 0 Å². The van der Waals surface area contributed by atoms with E-state index in [2.05, 4.69) is 25.9 Å². The molecule has 0 unspecified atom stereocenters. The SMILES string of the molecule is Nc1ncn(CC[C@@H]2CCCCN2C(=O)O)c2nc(Sc3cc4c(cc3Br)OCO4)nc1-2. The number of piperidine rings is 1. The number of hydrogen-bond acceptors (Lipinski definition) is 8. The van der Waals surface area contributed by atoms with Crippen molar-refractivity contribution < 1.29 is 19.4 Å². The minimum atomic E-state index is -0.860. The molecule has 0 radical (unpaired) electrons. The number of rotatable bonds is 5. The summed E-state index contributed by atoms with van der Waals surface area (Å²) in [7, 11) is 0. The molecular weight excluding hydrogens is 500 g/mol. The summed E-state index contributed by atoms with van der Waals surface area (Å²) in [6.45, 7) is 1.37. The summed E-state index contributed by atoms with van der Waals surface area (Å²) < 4.78 is 13.6. The molecule has 0 saturated carbocycles. The fourth-order valence-corrected chi connectivity index (χ4v) is 5.41. The summed E-state index contributed by atoms with van der Waals surface area (Å²) in [5.74, 6) is 2.32. The van der Waals surface area contributed by atoms with E-state index in [4.69, 9.17) is 20.2 Å². The normalized spacial score (nSPS) is 17.8. The number of aromatic nitrogens is 4. The summed E-state index contributed by atoms with van der Waals surface area (Å²) >= 11 is 4.95. The number of fused-ring (bicyclic) bond motifs is 2. The molecule has 1 saturated heterocycles. The largest absolute Gasteiger partial charge is 0.465 e. The van der Waals surface area contributed by atoms with Crippen LogP contribution >= 0.6 is 27.7 Å². The molecule has 1 fully saturated rings. The first kappa shape index (κ1) is 21.1. The van der Waals surface area contributed by atoms with Crippen molar-refractivity contribution in [2.75, 3.05) is 19.1 Å². The Labute approximate surface area is 196 Å². The average Bonchev–Trinajstić information content (AvgIpc) is 3.41. The fourth-order valence-electron chi connectivity index (χ4n) is 4.06. The van der Waals surface area contributed by atoms with Gasteiger partial charge >= 0.3 is 6.09 Å². The van der Waals surface area contributed by atoms with Crippen molar-refractivity contribution in [1.29, 1.82) is 0 Å². The number of halogens is 1. The van der Waals surface area contributed by atoms with E-state index in [0.717, 1.165) is 28.6 Å². The van der Waals surface area contributed by atoms with Crippen LogP contribution in [0, 0.1) is 0 Å². The molecule has 1 aromatic carbocycles. The highest BCUT2D eigenvalue weighted by Crippen LogP contribution is 2.43. The van der Waals surface area contributed by atoms with Crippen LogP contribution in [0.25, 0.3) is 11.5 Å². The number of ether oxygens (including phenoxy) is 2. The van der Waals surface area contributed by atoms with Crippen molar-refractivity contribution in [2.24, 2.45) is 0 Å². The lowest BCUT2D eigenvalue weighted by molar-refractivity contribution is 0.102. The summed E-state index contributed by atoms with van der Waals surface area (Å²) in [4.78, 5) is 27.5. The monoisotopic (exact) mass is 520 g/mol. The number of hydrogen-bond donors (Lipinski definition) is 2. The first-order valence-corrected chi connectivity index (χ1v) is 11.9. The van der Waals surface area contributed by atoms with E-state index in [9.17, 15) is 9.90 Å². The lowest BCUT2D eigenvalue weighted by Gasteiger charge is -2.33. The fraction of sp³-hybridized carbons (Fsp3) is 0.400. The van der Waals surface area contributed by atoms with E-state index >= 15 is 0 Å². The molecule has 4 heterocycles. The zero-order valence-electron chi connectivity index (χ0n) is 17.0. The second-order valence-electron chi connectivity index (χ2n) is 7.65. The number of amides is 1. The number of anilines is 1. The lowest BCUT2D eigenvalue weighted by Crippen LogP contribution is -2.43. The lowest BCUT2D eigenvalue weighted by atomic mass is 10.00. The topological polar surface area (TPSA) is 129 Å². The van der Waals surface area contributed by atoms with Gasteiger partial charge in [-0.3, -0.25) is 0 Å². The molecule has 0 spiro atoms. The number of benzene rings is 1. The number of likely N-dealkylation sites (tertiary alicyclic amines) is 1. The van der Waals surface area contributed by atoms with Gasteiger partial charge in [0.05, 0.1) is 6.33 Å². The van der Waals surface area contributed by atoms with Crippen LogP contribution in [0.5, 0.6) is 11.5 Å². The molecule has 10 nitrogen and oxygen atoms in total. The second-order valence-corrected chi connectivity index (χ2v) is 9.52. The molecule has 4 aliphatic heterocycles. The molecule has 3 N–H and O–H groups in total. The standard InChI is InChI=1S/C20H21BrN6O4S/c21-12-7-13-14(31-10-30-13)8-15(12)32-19-24-16-17(22)23-9-26(18(16)25-19)6-4-11-3-1-2-5-27(11)20(28)29/h7-9,11H,1-6,10,22H2,(H,28,29)/t11-/m0/s1. The van der Waals surface area contributed by atoms with Crippen LogP contribution in [0.1, 0.15) is 25.7 Å². The Morgan fingerprint density at radius 1 is 1.28 bits per heavy atom. The molecule has 168 valence electrons. The molecule has 1 atom stereocenters. The van der Waals surface area contributed by atoms with E-state index in [-0.39, 0.29) is 12.8 Å². The maximum Gasteiger partial charge on any atom is 0.407 e. The molecule has 1 amide bonds. The first-order chi connectivity index (χ1) is 15.5. The van der Waals surface area contributed by atoms with Gasteiger partial charge in [0.2, 0.25) is 6.79 Å². The third-order valence-electron chi connectivity index (χ3n) is 5.68. The van der Waals surface area contributed by atoms with E-state index in [1.165, 1.54) is 11.8 Å². The van der Waals surface area contributed by atoms with Crippen molar-refractivity contribution in [3.8, 4) is 23.0 Å². The minimum Gasteiger partial charge on any atom is -0.465 e. The van der Waals surface area contributed by atoms with Gasteiger partial charge in [-0.05, 0) is 65.5 Å². The Morgan fingerprint density at radius 2 is 2.09 bits per heavy atom. The summed E-state index contributed by atoms with van der Waals surface area (Å²) in [6, 6.07) is 3.74. The number of nitrogens with two attached hydrogens (primary N) is 1. The Kier molecular flexibility index (Phi) is 5.72. The van der Waals surface area contributed by atoms with Crippen LogP contribution in [0.4, 0.5) is 10.6 Å². The van der Waals surface area contributed by atoms with Crippen LogP contribution in [-0.2, 0) is 6.54 Å². The Morgan fingerprint density at radius 3 is 2.91 bits per heavy atom. The molecule has 5 rings (SSSR count). The predicted molar refractivity (Wildman–Crippen MR) is 120 cm³/mol. The van der Waals surface area contributed by atoms with Gasteiger partial charge < -0.3 is 29.8 Å². The van der Waals surface area contributed by atoms with Crippen LogP contribution in [0.3, 0.4) is 0 Å². The van der Waals surface area contributed by atoms with Crippen molar-refractivity contribution >= 4 is 39.6 Å².